The smallest absolute Gasteiger partial charge is 0.324 e. The Bertz CT molecular complexity index is 480. The number of fused-ring (bicyclic) bond motifs is 1. The van der Waals surface area contributed by atoms with E-state index in [-0.39, 0.29) is 6.03 Å². The van der Waals surface area contributed by atoms with E-state index in [1.54, 1.807) is 0 Å². The molecule has 0 spiro atoms. The molecule has 0 unspecified atom stereocenters. The van der Waals surface area contributed by atoms with Crippen LogP contribution in [0.1, 0.15) is 31.2 Å². The minimum Gasteiger partial charge on any atom is -0.399 e. The Labute approximate surface area is 114 Å². The summed E-state index contributed by atoms with van der Waals surface area (Å²) in [6.07, 6.45) is 5.58. The number of nitrogen functional groups attached to an aromatic ring is 1. The SMILES string of the molecule is Nc1ccc2c(c1)N(C(=O)N1CCCCC1)CCC2. The van der Waals surface area contributed by atoms with Gasteiger partial charge in [-0.05, 0) is 49.8 Å². The third-order valence-corrected chi connectivity index (χ3v) is 4.09. The fourth-order valence-electron chi connectivity index (χ4n) is 3.05. The van der Waals surface area contributed by atoms with E-state index < -0.39 is 0 Å². The van der Waals surface area contributed by atoms with Crippen molar-refractivity contribution >= 4 is 17.4 Å². The van der Waals surface area contributed by atoms with Crippen LogP contribution < -0.4 is 10.6 Å². The van der Waals surface area contributed by atoms with Crippen LogP contribution in [0.3, 0.4) is 0 Å². The molecule has 2 amide bonds. The molecule has 0 bridgehead atoms. The van der Waals surface area contributed by atoms with E-state index >= 15 is 0 Å². The van der Waals surface area contributed by atoms with Gasteiger partial charge in [0.2, 0.25) is 0 Å². The molecule has 1 saturated heterocycles. The van der Waals surface area contributed by atoms with Crippen molar-refractivity contribution in [1.29, 1.82) is 0 Å². The number of amides is 2. The first-order chi connectivity index (χ1) is 9.25. The largest absolute Gasteiger partial charge is 0.399 e. The fraction of sp³-hybridized carbons (Fsp3) is 0.533. The molecule has 19 heavy (non-hydrogen) atoms. The standard InChI is InChI=1S/C15H21N3O/c16-13-7-6-12-5-4-10-18(14(12)11-13)15(19)17-8-2-1-3-9-17/h6-7,11H,1-5,8-10,16H2. The number of nitrogens with two attached hydrogens (primary N) is 1. The fourth-order valence-corrected chi connectivity index (χ4v) is 3.05. The first-order valence-electron chi connectivity index (χ1n) is 7.20. The lowest BCUT2D eigenvalue weighted by Gasteiger charge is -2.36. The second kappa shape index (κ2) is 5.11. The molecule has 2 N–H and O–H groups in total. The molecule has 0 aliphatic carbocycles. The highest BCUT2D eigenvalue weighted by atomic mass is 16.2. The Morgan fingerprint density at radius 1 is 1.05 bits per heavy atom. The van der Waals surface area contributed by atoms with Crippen LogP contribution in [0.25, 0.3) is 0 Å². The van der Waals surface area contributed by atoms with E-state index in [9.17, 15) is 4.79 Å². The summed E-state index contributed by atoms with van der Waals surface area (Å²) in [5, 5.41) is 0. The molecule has 4 nitrogen and oxygen atoms in total. The number of carbonyl (C=O) groups is 1. The lowest BCUT2D eigenvalue weighted by molar-refractivity contribution is 0.192. The molecule has 1 aromatic carbocycles. The zero-order valence-electron chi connectivity index (χ0n) is 11.3. The van der Waals surface area contributed by atoms with Gasteiger partial charge < -0.3 is 10.6 Å². The van der Waals surface area contributed by atoms with Crippen LogP contribution in [0, 0.1) is 0 Å². The normalized spacial score (nSPS) is 19.2. The van der Waals surface area contributed by atoms with Crippen LogP contribution in [0.5, 0.6) is 0 Å². The molecule has 2 heterocycles. The highest BCUT2D eigenvalue weighted by molar-refractivity contribution is 5.94. The van der Waals surface area contributed by atoms with Crippen molar-refractivity contribution in [3.8, 4) is 0 Å². The maximum atomic E-state index is 12.6. The minimum absolute atomic E-state index is 0.159. The van der Waals surface area contributed by atoms with Crippen molar-refractivity contribution in [1.82, 2.24) is 4.90 Å². The molecule has 102 valence electrons. The van der Waals surface area contributed by atoms with Gasteiger partial charge >= 0.3 is 6.03 Å². The Kier molecular flexibility index (Phi) is 3.32. The van der Waals surface area contributed by atoms with Gasteiger partial charge in [0.05, 0.1) is 5.69 Å². The Hall–Kier alpha value is -1.71. The monoisotopic (exact) mass is 259 g/mol. The summed E-state index contributed by atoms with van der Waals surface area (Å²) < 4.78 is 0. The average Bonchev–Trinajstić information content (AvgIpc) is 2.47. The summed E-state index contributed by atoms with van der Waals surface area (Å²) in [4.78, 5) is 16.5. The number of nitrogens with zero attached hydrogens (tertiary/aromatic N) is 2. The van der Waals surface area contributed by atoms with E-state index in [1.807, 2.05) is 21.9 Å². The molecule has 2 aliphatic heterocycles. The Balaban J connectivity index is 1.86. The second-order valence-corrected chi connectivity index (χ2v) is 5.47. The Morgan fingerprint density at radius 2 is 1.84 bits per heavy atom. The van der Waals surface area contributed by atoms with Crippen LogP contribution in [0.15, 0.2) is 18.2 Å². The van der Waals surface area contributed by atoms with E-state index in [0.29, 0.717) is 0 Å². The highest BCUT2D eigenvalue weighted by Crippen LogP contribution is 2.30. The van der Waals surface area contributed by atoms with Crippen molar-refractivity contribution < 1.29 is 4.79 Å². The van der Waals surface area contributed by atoms with Crippen molar-refractivity contribution in [3.05, 3.63) is 23.8 Å². The van der Waals surface area contributed by atoms with E-state index in [0.717, 1.165) is 56.7 Å². The number of urea groups is 1. The van der Waals surface area contributed by atoms with Gasteiger partial charge in [0.1, 0.15) is 0 Å². The van der Waals surface area contributed by atoms with Gasteiger partial charge in [0.25, 0.3) is 0 Å². The predicted molar refractivity (Wildman–Crippen MR) is 77.3 cm³/mol. The topological polar surface area (TPSA) is 49.6 Å². The first kappa shape index (κ1) is 12.3. The number of benzene rings is 1. The van der Waals surface area contributed by atoms with Crippen molar-refractivity contribution in [2.45, 2.75) is 32.1 Å². The minimum atomic E-state index is 0.159. The molecule has 1 aromatic rings. The number of rotatable bonds is 0. The highest BCUT2D eigenvalue weighted by Gasteiger charge is 2.27. The number of hydrogen-bond donors (Lipinski definition) is 1. The van der Waals surface area contributed by atoms with E-state index in [1.165, 1.54) is 12.0 Å². The first-order valence-corrected chi connectivity index (χ1v) is 7.20. The number of anilines is 2. The van der Waals surface area contributed by atoms with Crippen LogP contribution in [-0.2, 0) is 6.42 Å². The maximum Gasteiger partial charge on any atom is 0.324 e. The summed E-state index contributed by atoms with van der Waals surface area (Å²) in [6, 6.07) is 6.08. The van der Waals surface area contributed by atoms with Gasteiger partial charge in [0.15, 0.2) is 0 Å². The van der Waals surface area contributed by atoms with Crippen molar-refractivity contribution in [2.24, 2.45) is 0 Å². The number of carbonyl (C=O) groups excluding carboxylic acids is 1. The molecule has 1 fully saturated rings. The summed E-state index contributed by atoms with van der Waals surface area (Å²) in [7, 11) is 0. The van der Waals surface area contributed by atoms with Gasteiger partial charge in [-0.25, -0.2) is 4.79 Å². The second-order valence-electron chi connectivity index (χ2n) is 5.47. The third-order valence-electron chi connectivity index (χ3n) is 4.09. The molecule has 0 radical (unpaired) electrons. The lowest BCUT2D eigenvalue weighted by Crippen LogP contribution is -2.47. The zero-order chi connectivity index (χ0) is 13.2. The summed E-state index contributed by atoms with van der Waals surface area (Å²) in [5.74, 6) is 0. The van der Waals surface area contributed by atoms with Gasteiger partial charge in [-0.3, -0.25) is 4.90 Å². The van der Waals surface area contributed by atoms with Gasteiger partial charge in [0, 0.05) is 25.3 Å². The molecular formula is C15H21N3O. The van der Waals surface area contributed by atoms with E-state index in [2.05, 4.69) is 6.07 Å². The van der Waals surface area contributed by atoms with Crippen molar-refractivity contribution in [3.63, 3.8) is 0 Å². The number of hydrogen-bond acceptors (Lipinski definition) is 2. The molecule has 3 rings (SSSR count). The molecular weight excluding hydrogens is 238 g/mol. The average molecular weight is 259 g/mol. The van der Waals surface area contributed by atoms with Crippen molar-refractivity contribution in [2.75, 3.05) is 30.3 Å². The summed E-state index contributed by atoms with van der Waals surface area (Å²) in [5.41, 5.74) is 8.86. The lowest BCUT2D eigenvalue weighted by atomic mass is 10.0. The molecule has 2 aliphatic rings. The number of piperidine rings is 1. The summed E-state index contributed by atoms with van der Waals surface area (Å²) in [6.45, 7) is 2.60. The quantitative estimate of drug-likeness (QED) is 0.728. The Morgan fingerprint density at radius 3 is 2.63 bits per heavy atom. The van der Waals surface area contributed by atoms with E-state index in [4.69, 9.17) is 5.73 Å². The maximum absolute atomic E-state index is 12.6. The third kappa shape index (κ3) is 2.39. The predicted octanol–water partition coefficient (Wildman–Crippen LogP) is 2.63. The van der Waals surface area contributed by atoms with Gasteiger partial charge in [-0.15, -0.1) is 0 Å². The van der Waals surface area contributed by atoms with Gasteiger partial charge in [-0.1, -0.05) is 6.07 Å². The number of aryl methyl sites for hydroxylation is 1. The molecule has 0 atom stereocenters. The van der Waals surface area contributed by atoms with Crippen LogP contribution in [0.4, 0.5) is 16.2 Å². The van der Waals surface area contributed by atoms with Gasteiger partial charge in [-0.2, -0.15) is 0 Å². The van der Waals surface area contributed by atoms with Crippen LogP contribution in [0.2, 0.25) is 0 Å². The van der Waals surface area contributed by atoms with Crippen LogP contribution >= 0.6 is 0 Å². The van der Waals surface area contributed by atoms with Crippen LogP contribution in [-0.4, -0.2) is 30.6 Å². The molecule has 0 saturated carbocycles. The molecule has 0 aromatic heterocycles. The molecule has 4 heteroatoms. The summed E-state index contributed by atoms with van der Waals surface area (Å²) >= 11 is 0. The zero-order valence-corrected chi connectivity index (χ0v) is 11.3. The number of likely N-dealkylation sites (tertiary alicyclic amines) is 1.